The first-order chi connectivity index (χ1) is 6.74. The van der Waals surface area contributed by atoms with Crippen molar-refractivity contribution in [2.24, 2.45) is 5.73 Å². The minimum absolute atomic E-state index is 0.366. The van der Waals surface area contributed by atoms with Crippen LogP contribution in [0.15, 0.2) is 30.5 Å². The molecule has 2 aromatic rings. The molecule has 0 aliphatic rings. The average Bonchev–Trinajstić information content (AvgIpc) is 2.60. The van der Waals surface area contributed by atoms with Gasteiger partial charge in [-0.3, -0.25) is 4.57 Å². The van der Waals surface area contributed by atoms with E-state index in [0.717, 1.165) is 15.5 Å². The zero-order valence-corrected chi connectivity index (χ0v) is 7.45. The number of aromatic nitrogens is 1. The number of alkyl halides is 2. The molecule has 0 radical (unpaired) electrons. The lowest BCUT2D eigenvalue weighted by Gasteiger charge is -2.04. The highest BCUT2D eigenvalue weighted by Gasteiger charge is 2.10. The van der Waals surface area contributed by atoms with E-state index in [1.165, 1.54) is 6.20 Å². The molecule has 2 N–H and O–H groups in total. The summed E-state index contributed by atoms with van der Waals surface area (Å²) in [5, 5.41) is 0.801. The zero-order chi connectivity index (χ0) is 10.1. The van der Waals surface area contributed by atoms with Crippen molar-refractivity contribution in [3.8, 4) is 0 Å². The van der Waals surface area contributed by atoms with Crippen LogP contribution in [0, 0.1) is 0 Å². The van der Waals surface area contributed by atoms with Crippen LogP contribution >= 0.6 is 0 Å². The Kier molecular flexibility index (Phi) is 2.21. The number of hydrogen-bond donors (Lipinski definition) is 1. The Balaban J connectivity index is 2.69. The average molecular weight is 196 g/mol. The molecule has 14 heavy (non-hydrogen) atoms. The number of benzene rings is 1. The van der Waals surface area contributed by atoms with E-state index in [9.17, 15) is 8.78 Å². The van der Waals surface area contributed by atoms with Crippen molar-refractivity contribution in [2.45, 2.75) is 13.1 Å². The van der Waals surface area contributed by atoms with Gasteiger partial charge in [0.2, 0.25) is 0 Å². The Hall–Kier alpha value is -1.42. The van der Waals surface area contributed by atoms with Crippen molar-refractivity contribution in [1.29, 1.82) is 0 Å². The molecule has 0 unspecified atom stereocenters. The lowest BCUT2D eigenvalue weighted by molar-refractivity contribution is 0.0752. The predicted octanol–water partition coefficient (Wildman–Crippen LogP) is 2.50. The van der Waals surface area contributed by atoms with Crippen LogP contribution < -0.4 is 5.73 Å². The molecule has 0 amide bonds. The fourth-order valence-corrected chi connectivity index (χ4v) is 1.60. The van der Waals surface area contributed by atoms with Gasteiger partial charge in [-0.05, 0) is 17.7 Å². The number of nitrogens with zero attached hydrogens (tertiary/aromatic N) is 1. The molecule has 0 aliphatic carbocycles. The van der Waals surface area contributed by atoms with Crippen molar-refractivity contribution in [2.75, 3.05) is 0 Å². The van der Waals surface area contributed by atoms with Gasteiger partial charge in [0.1, 0.15) is 0 Å². The molecule has 0 fully saturated rings. The fourth-order valence-electron chi connectivity index (χ4n) is 1.60. The molecule has 0 spiro atoms. The zero-order valence-electron chi connectivity index (χ0n) is 7.45. The normalized spacial score (nSPS) is 11.4. The Morgan fingerprint density at radius 2 is 2.07 bits per heavy atom. The van der Waals surface area contributed by atoms with Crippen LogP contribution in [0.25, 0.3) is 10.9 Å². The summed E-state index contributed by atoms with van der Waals surface area (Å²) in [6, 6.07) is 6.92. The van der Waals surface area contributed by atoms with Gasteiger partial charge in [-0.15, -0.1) is 0 Å². The van der Waals surface area contributed by atoms with Gasteiger partial charge in [0.25, 0.3) is 0 Å². The Morgan fingerprint density at radius 1 is 1.29 bits per heavy atom. The molecule has 0 bridgehead atoms. The van der Waals surface area contributed by atoms with Crippen molar-refractivity contribution >= 4 is 10.9 Å². The third-order valence-electron chi connectivity index (χ3n) is 2.28. The van der Waals surface area contributed by atoms with E-state index < -0.39 is 6.55 Å². The van der Waals surface area contributed by atoms with E-state index in [2.05, 4.69) is 0 Å². The minimum Gasteiger partial charge on any atom is -0.326 e. The van der Waals surface area contributed by atoms with Gasteiger partial charge in [-0.1, -0.05) is 12.1 Å². The lowest BCUT2D eigenvalue weighted by atomic mass is 10.1. The Morgan fingerprint density at radius 3 is 2.71 bits per heavy atom. The van der Waals surface area contributed by atoms with Crippen LogP contribution in [-0.4, -0.2) is 4.57 Å². The molecule has 1 aromatic carbocycles. The summed E-state index contributed by atoms with van der Waals surface area (Å²) >= 11 is 0. The van der Waals surface area contributed by atoms with Gasteiger partial charge < -0.3 is 5.73 Å². The quantitative estimate of drug-likeness (QED) is 0.786. The predicted molar refractivity (Wildman–Crippen MR) is 51.1 cm³/mol. The van der Waals surface area contributed by atoms with Crippen LogP contribution in [0.5, 0.6) is 0 Å². The molecule has 2 rings (SSSR count). The molecule has 4 heteroatoms. The van der Waals surface area contributed by atoms with Gasteiger partial charge in [-0.2, -0.15) is 8.78 Å². The third kappa shape index (κ3) is 1.28. The number of hydrogen-bond acceptors (Lipinski definition) is 1. The van der Waals surface area contributed by atoms with Crippen LogP contribution in [0.1, 0.15) is 12.1 Å². The monoisotopic (exact) mass is 196 g/mol. The van der Waals surface area contributed by atoms with Gasteiger partial charge >= 0.3 is 6.55 Å². The molecule has 0 aliphatic heterocycles. The molecule has 2 nitrogen and oxygen atoms in total. The van der Waals surface area contributed by atoms with Gasteiger partial charge in [-0.25, -0.2) is 0 Å². The summed E-state index contributed by atoms with van der Waals surface area (Å²) in [5.74, 6) is 0. The second-order valence-corrected chi connectivity index (χ2v) is 3.05. The van der Waals surface area contributed by atoms with E-state index in [1.54, 1.807) is 18.2 Å². The number of halogens is 2. The summed E-state index contributed by atoms with van der Waals surface area (Å²) in [4.78, 5) is 0. The molecular weight excluding hydrogens is 186 g/mol. The van der Waals surface area contributed by atoms with Crippen molar-refractivity contribution < 1.29 is 8.78 Å². The summed E-state index contributed by atoms with van der Waals surface area (Å²) in [6.45, 7) is -2.13. The molecular formula is C10H10F2N2. The lowest BCUT2D eigenvalue weighted by Crippen LogP contribution is -1.98. The first kappa shape index (κ1) is 9.15. The van der Waals surface area contributed by atoms with Crippen molar-refractivity contribution in [3.63, 3.8) is 0 Å². The second-order valence-electron chi connectivity index (χ2n) is 3.05. The summed E-state index contributed by atoms with van der Waals surface area (Å²) in [7, 11) is 0. The molecule has 0 atom stereocenters. The van der Waals surface area contributed by atoms with Crippen LogP contribution in [0.2, 0.25) is 0 Å². The molecule has 74 valence electrons. The van der Waals surface area contributed by atoms with Gasteiger partial charge in [0.15, 0.2) is 0 Å². The number of rotatable bonds is 2. The summed E-state index contributed by atoms with van der Waals surface area (Å²) in [6.07, 6.45) is 1.38. The van der Waals surface area contributed by atoms with Crippen molar-refractivity contribution in [3.05, 3.63) is 36.0 Å². The van der Waals surface area contributed by atoms with Crippen molar-refractivity contribution in [1.82, 2.24) is 4.57 Å². The van der Waals surface area contributed by atoms with Gasteiger partial charge in [0, 0.05) is 18.1 Å². The smallest absolute Gasteiger partial charge is 0.319 e. The highest BCUT2D eigenvalue weighted by molar-refractivity contribution is 5.83. The number of fused-ring (bicyclic) bond motifs is 1. The van der Waals surface area contributed by atoms with E-state index >= 15 is 0 Å². The summed E-state index contributed by atoms with van der Waals surface area (Å²) < 4.78 is 25.9. The Labute approximate surface area is 79.9 Å². The standard InChI is InChI=1S/C10H10F2N2/c11-10(12)14-5-4-8-7(6-13)2-1-3-9(8)14/h1-5,10H,6,13H2. The van der Waals surface area contributed by atoms with Gasteiger partial charge in [0.05, 0.1) is 5.52 Å². The van der Waals surface area contributed by atoms with E-state index in [1.807, 2.05) is 6.07 Å². The van der Waals surface area contributed by atoms with E-state index in [4.69, 9.17) is 5.73 Å². The molecule has 0 saturated carbocycles. The first-order valence-corrected chi connectivity index (χ1v) is 4.30. The van der Waals surface area contributed by atoms with Crippen LogP contribution in [0.4, 0.5) is 8.78 Å². The minimum atomic E-state index is -2.50. The maximum atomic E-state index is 12.5. The van der Waals surface area contributed by atoms with E-state index in [-0.39, 0.29) is 0 Å². The molecule has 1 aromatic heterocycles. The largest absolute Gasteiger partial charge is 0.326 e. The maximum absolute atomic E-state index is 12.5. The van der Waals surface area contributed by atoms with Crippen LogP contribution in [-0.2, 0) is 6.54 Å². The second kappa shape index (κ2) is 3.38. The number of nitrogens with two attached hydrogens (primary N) is 1. The maximum Gasteiger partial charge on any atom is 0.319 e. The Bertz CT molecular complexity index is 448. The first-order valence-electron chi connectivity index (χ1n) is 4.30. The summed E-state index contributed by atoms with van der Waals surface area (Å²) in [5.41, 5.74) is 6.93. The third-order valence-corrected chi connectivity index (χ3v) is 2.28. The topological polar surface area (TPSA) is 30.9 Å². The highest BCUT2D eigenvalue weighted by Crippen LogP contribution is 2.24. The fraction of sp³-hybridized carbons (Fsp3) is 0.200. The highest BCUT2D eigenvalue weighted by atomic mass is 19.3. The SMILES string of the molecule is NCc1cccc2c1ccn2C(F)F. The van der Waals surface area contributed by atoms with E-state index in [0.29, 0.717) is 12.1 Å². The van der Waals surface area contributed by atoms with Crippen LogP contribution in [0.3, 0.4) is 0 Å². The molecule has 0 saturated heterocycles. The molecule has 1 heterocycles.